The molecule has 7 rings (SSSR count). The Morgan fingerprint density at radius 3 is 1.51 bits per heavy atom. The van der Waals surface area contributed by atoms with E-state index < -0.39 is 47.7 Å². The molecule has 0 aromatic heterocycles. The molecule has 0 aliphatic heterocycles. The Balaban J connectivity index is 0.000000914. The normalized spacial score (nSPS) is 10.8. The Hall–Kier alpha value is -6.35. The van der Waals surface area contributed by atoms with Crippen LogP contribution in [0.25, 0.3) is 32.7 Å². The third kappa shape index (κ3) is 13.1. The Bertz CT molecular complexity index is 3100. The van der Waals surface area contributed by atoms with Gasteiger partial charge in [0.25, 0.3) is 10.1 Å². The molecule has 0 saturated carbocycles. The molecular formula is C39H28Cu2N4O13S3. The van der Waals surface area contributed by atoms with Gasteiger partial charge >= 0.3 is 21.2 Å². The maximum Gasteiger partial charge on any atom is 0.425 e. The molecule has 22 heteroatoms. The fourth-order valence-corrected chi connectivity index (χ4v) is 6.40. The Labute approximate surface area is 370 Å². The van der Waals surface area contributed by atoms with Crippen LogP contribution < -0.4 is 0 Å². The van der Waals surface area contributed by atoms with E-state index in [1.807, 2.05) is 42.5 Å². The summed E-state index contributed by atoms with van der Waals surface area (Å²) in [5.41, 5.74) is 3.15. The maximum atomic E-state index is 12.1. The molecule has 0 bridgehead atoms. The van der Waals surface area contributed by atoms with Gasteiger partial charge in [0.05, 0.1) is 0 Å². The van der Waals surface area contributed by atoms with Crippen LogP contribution in [0.3, 0.4) is 0 Å². The number of rotatable bonds is 8. The van der Waals surface area contributed by atoms with Crippen LogP contribution in [0.4, 0.5) is 22.7 Å². The van der Waals surface area contributed by atoms with Crippen LogP contribution in [0.1, 0.15) is 11.1 Å². The molecule has 17 nitrogen and oxygen atoms in total. The molecule has 0 spiro atoms. The zero-order chi connectivity index (χ0) is 42.9. The molecule has 0 atom stereocenters. The van der Waals surface area contributed by atoms with Crippen LogP contribution >= 0.6 is 0 Å². The van der Waals surface area contributed by atoms with Gasteiger partial charge < -0.3 is 20.4 Å². The fourth-order valence-electron chi connectivity index (χ4n) is 5.75. The van der Waals surface area contributed by atoms with Crippen molar-refractivity contribution in [3.8, 4) is 34.1 Å². The van der Waals surface area contributed by atoms with Gasteiger partial charge in [0.1, 0.15) is 39.1 Å². The van der Waals surface area contributed by atoms with Gasteiger partial charge in [-0.05, 0) is 75.8 Å². The topological polar surface area (TPSA) is 287 Å². The van der Waals surface area contributed by atoms with Crippen molar-refractivity contribution in [1.82, 2.24) is 0 Å². The Morgan fingerprint density at radius 2 is 0.951 bits per heavy atom. The number of fused-ring (bicyclic) bond motifs is 2. The van der Waals surface area contributed by atoms with Crippen LogP contribution in [-0.4, -0.2) is 58.7 Å². The molecule has 5 N–H and O–H groups in total. The largest absolute Gasteiger partial charge is 0.506 e. The van der Waals surface area contributed by atoms with Crippen LogP contribution in [-0.2, 0) is 71.9 Å². The van der Waals surface area contributed by atoms with Crippen LogP contribution in [0.2, 0.25) is 0 Å². The first-order chi connectivity index (χ1) is 28.0. The number of nitrogens with zero attached hydrogens (tertiary/aromatic N) is 4. The van der Waals surface area contributed by atoms with Crippen LogP contribution in [0.5, 0.6) is 23.0 Å². The molecule has 0 unspecified atom stereocenters. The standard InChI is InChI=1S/C39H28N4O7S.2Cu.2O3S/c44-34-20-25(11-15-31(34)40-42-33-17-13-28-19-24(10-14-30(28)38(33)46)18-23-6-2-1-3-7-23)26-12-16-32(35(45)21-26)41-43-37-36(51(48,49)50)22-27-8-4-5-9-29(27)39(37)47;;;2*1-4(2)3/h1-17,19-22,44-47H,18H2,(H,48,49,50);;;;. The zero-order valence-corrected chi connectivity index (χ0v) is 34.8. The summed E-state index contributed by atoms with van der Waals surface area (Å²) < 4.78 is 84.6. The SMILES string of the molecule is O=S(=O)(O)c1cc2ccccc2c(O)c1N=Nc1ccc(-c2ccc(N=Nc3ccc4cc(Cc5ccccc5)ccc4c3O)c(O)c2)cc1O.O=S(=O)=O.O=S(=O)=O.[Cu].[Cu]. The monoisotopic (exact) mass is 982 g/mol. The van der Waals surface area contributed by atoms with Gasteiger partial charge in [-0.1, -0.05) is 91.0 Å². The van der Waals surface area contributed by atoms with Gasteiger partial charge in [0.2, 0.25) is 0 Å². The van der Waals surface area contributed by atoms with Gasteiger partial charge in [-0.2, -0.15) is 8.42 Å². The minimum atomic E-state index is -4.78. The Morgan fingerprint density at radius 1 is 0.475 bits per heavy atom. The van der Waals surface area contributed by atoms with Crippen molar-refractivity contribution in [2.24, 2.45) is 20.5 Å². The predicted molar refractivity (Wildman–Crippen MR) is 213 cm³/mol. The van der Waals surface area contributed by atoms with Crippen molar-refractivity contribution < 1.29 is 92.8 Å². The summed E-state index contributed by atoms with van der Waals surface area (Å²) in [7, 11) is -11.0. The van der Waals surface area contributed by atoms with Crippen LogP contribution in [0, 0.1) is 0 Å². The van der Waals surface area contributed by atoms with Crippen molar-refractivity contribution in [3.05, 3.63) is 139 Å². The average molecular weight is 984 g/mol. The van der Waals surface area contributed by atoms with Gasteiger partial charge in [-0.25, -0.2) is 0 Å². The molecule has 0 fully saturated rings. The summed E-state index contributed by atoms with van der Waals surface area (Å²) in [6, 6.07) is 36.0. The van der Waals surface area contributed by atoms with Crippen molar-refractivity contribution in [1.29, 1.82) is 0 Å². The second-order valence-electron chi connectivity index (χ2n) is 12.1. The van der Waals surface area contributed by atoms with Crippen molar-refractivity contribution in [2.45, 2.75) is 11.3 Å². The van der Waals surface area contributed by atoms with E-state index in [0.29, 0.717) is 27.3 Å². The number of phenols is 4. The molecule has 7 aromatic rings. The van der Waals surface area contributed by atoms with Crippen molar-refractivity contribution >= 4 is 75.6 Å². The molecule has 0 heterocycles. The molecule has 0 aliphatic carbocycles. The maximum absolute atomic E-state index is 12.1. The third-order valence-corrected chi connectivity index (χ3v) is 9.20. The van der Waals surface area contributed by atoms with E-state index >= 15 is 0 Å². The summed E-state index contributed by atoms with van der Waals surface area (Å²) in [4.78, 5) is -0.643. The first-order valence-corrected chi connectivity index (χ1v) is 20.0. The molecule has 0 saturated heterocycles. The smallest absolute Gasteiger partial charge is 0.425 e. The quantitative estimate of drug-likeness (QED) is 0.0547. The molecule has 61 heavy (non-hydrogen) atoms. The number of benzene rings is 7. The van der Waals surface area contributed by atoms with E-state index in [2.05, 4.69) is 32.6 Å². The molecular weight excluding hydrogens is 956 g/mol. The van der Waals surface area contributed by atoms with Gasteiger partial charge in [0, 0.05) is 44.9 Å². The molecule has 7 aromatic carbocycles. The molecule has 322 valence electrons. The van der Waals surface area contributed by atoms with Crippen LogP contribution in [0.15, 0.2) is 153 Å². The average Bonchev–Trinajstić information content (AvgIpc) is 3.17. The predicted octanol–water partition coefficient (Wildman–Crippen LogP) is 8.14. The zero-order valence-electron chi connectivity index (χ0n) is 30.5. The minimum Gasteiger partial charge on any atom is -0.506 e. The van der Waals surface area contributed by atoms with E-state index in [1.54, 1.807) is 42.5 Å². The number of azo groups is 2. The first kappa shape index (κ1) is 49.0. The van der Waals surface area contributed by atoms with Crippen molar-refractivity contribution in [2.75, 3.05) is 0 Å². The second kappa shape index (κ2) is 21.8. The number of phenolic OH excluding ortho intramolecular Hbond substituents is 4. The summed E-state index contributed by atoms with van der Waals surface area (Å²) >= 11 is 0. The first-order valence-electron chi connectivity index (χ1n) is 16.6. The number of hydrogen-bond donors (Lipinski definition) is 5. The third-order valence-electron chi connectivity index (χ3n) is 8.33. The molecule has 2 radical (unpaired) electrons. The second-order valence-corrected chi connectivity index (χ2v) is 14.3. The molecule has 0 aliphatic rings. The summed E-state index contributed by atoms with van der Waals surface area (Å²) in [6.07, 6.45) is 0.765. The number of hydrogen-bond acceptors (Lipinski definition) is 16. The van der Waals surface area contributed by atoms with E-state index in [0.717, 1.165) is 17.4 Å². The van der Waals surface area contributed by atoms with E-state index in [9.17, 15) is 33.4 Å². The van der Waals surface area contributed by atoms with Gasteiger partial charge in [-0.15, -0.1) is 45.7 Å². The Kier molecular flexibility index (Phi) is 17.5. The van der Waals surface area contributed by atoms with Crippen molar-refractivity contribution in [3.63, 3.8) is 0 Å². The fraction of sp³-hybridized carbons (Fsp3) is 0.0256. The van der Waals surface area contributed by atoms with E-state index in [-0.39, 0.29) is 68.4 Å². The van der Waals surface area contributed by atoms with E-state index in [1.165, 1.54) is 35.9 Å². The summed E-state index contributed by atoms with van der Waals surface area (Å²) in [5.74, 6) is -1.06. The number of aromatic hydroxyl groups is 4. The van der Waals surface area contributed by atoms with Gasteiger partial charge in [0.15, 0.2) is 11.5 Å². The molecule has 0 amide bonds. The van der Waals surface area contributed by atoms with E-state index in [4.69, 9.17) is 25.3 Å². The summed E-state index contributed by atoms with van der Waals surface area (Å²) in [5, 5.41) is 61.4. The van der Waals surface area contributed by atoms with Gasteiger partial charge in [-0.3, -0.25) is 4.55 Å². The summed E-state index contributed by atoms with van der Waals surface area (Å²) in [6.45, 7) is 0. The minimum absolute atomic E-state index is 0.